The summed E-state index contributed by atoms with van der Waals surface area (Å²) >= 11 is 0. The highest BCUT2D eigenvalue weighted by Crippen LogP contribution is 2.35. The number of rotatable bonds is 0. The predicted molar refractivity (Wildman–Crippen MR) is 48.3 cm³/mol. The number of ketones is 1. The van der Waals surface area contributed by atoms with Gasteiger partial charge in [0.2, 0.25) is 0 Å². The minimum atomic E-state index is -1.30. The van der Waals surface area contributed by atoms with Gasteiger partial charge >= 0.3 is 0 Å². The molecule has 0 fully saturated rings. The number of benzene rings is 1. The Morgan fingerprint density at radius 2 is 1.93 bits per heavy atom. The summed E-state index contributed by atoms with van der Waals surface area (Å²) in [6.07, 6.45) is 0.627. The number of Topliss-reactive ketones (excluding diaryl/α,β-unsaturated/α-hetero) is 1. The highest BCUT2D eigenvalue weighted by atomic mass is 19.2. The zero-order valence-electron chi connectivity index (χ0n) is 8.11. The number of carbonyl (C=O) groups excluding carboxylic acids is 1. The van der Waals surface area contributed by atoms with Crippen LogP contribution in [0.4, 0.5) is 13.2 Å². The Morgan fingerprint density at radius 3 is 2.60 bits per heavy atom. The summed E-state index contributed by atoms with van der Waals surface area (Å²) in [6, 6.07) is 0.503. The third-order valence-electron chi connectivity index (χ3n) is 2.79. The van der Waals surface area contributed by atoms with Crippen LogP contribution >= 0.6 is 0 Å². The van der Waals surface area contributed by atoms with Gasteiger partial charge in [0.1, 0.15) is 5.82 Å². The highest BCUT2D eigenvalue weighted by Gasteiger charge is 2.30. The van der Waals surface area contributed by atoms with Crippen molar-refractivity contribution in [1.82, 2.24) is 0 Å². The molecule has 15 heavy (non-hydrogen) atoms. The molecule has 0 N–H and O–H groups in total. The van der Waals surface area contributed by atoms with Gasteiger partial charge in [0.05, 0.1) is 5.56 Å². The molecule has 1 aliphatic rings. The summed E-state index contributed by atoms with van der Waals surface area (Å²) in [6.45, 7) is 1.70. The van der Waals surface area contributed by atoms with Crippen molar-refractivity contribution in [2.24, 2.45) is 0 Å². The molecular weight excluding hydrogens is 205 g/mol. The van der Waals surface area contributed by atoms with Crippen molar-refractivity contribution in [2.75, 3.05) is 0 Å². The van der Waals surface area contributed by atoms with E-state index >= 15 is 0 Å². The Morgan fingerprint density at radius 1 is 1.27 bits per heavy atom. The first-order valence-electron chi connectivity index (χ1n) is 4.73. The smallest absolute Gasteiger partial charge is 0.170 e. The second-order valence-electron chi connectivity index (χ2n) is 3.81. The summed E-state index contributed by atoms with van der Waals surface area (Å²) in [4.78, 5) is 11.4. The number of carbonyl (C=O) groups is 1. The topological polar surface area (TPSA) is 17.1 Å². The summed E-state index contributed by atoms with van der Waals surface area (Å²) in [5.41, 5.74) is -0.378. The largest absolute Gasteiger partial charge is 0.294 e. The molecule has 0 amide bonds. The zero-order chi connectivity index (χ0) is 11.2. The maximum Gasteiger partial charge on any atom is 0.170 e. The molecule has 1 nitrogen and oxygen atoms in total. The second-order valence-corrected chi connectivity index (χ2v) is 3.81. The average molecular weight is 214 g/mol. The van der Waals surface area contributed by atoms with Crippen LogP contribution in [0.2, 0.25) is 0 Å². The van der Waals surface area contributed by atoms with E-state index in [1.165, 1.54) is 0 Å². The quantitative estimate of drug-likeness (QED) is 0.606. The van der Waals surface area contributed by atoms with Crippen LogP contribution < -0.4 is 0 Å². The van der Waals surface area contributed by atoms with E-state index in [1.807, 2.05) is 0 Å². The molecule has 0 saturated carbocycles. The van der Waals surface area contributed by atoms with Gasteiger partial charge in [0.25, 0.3) is 0 Å². The molecule has 1 aromatic rings. The summed E-state index contributed by atoms with van der Waals surface area (Å²) in [5, 5.41) is 0. The summed E-state index contributed by atoms with van der Waals surface area (Å²) in [5.74, 6) is -4.10. The van der Waals surface area contributed by atoms with Crippen LogP contribution in [0, 0.1) is 17.5 Å². The molecule has 0 aliphatic heterocycles. The van der Waals surface area contributed by atoms with Crippen LogP contribution in [0.3, 0.4) is 0 Å². The Labute approximate surface area is 84.9 Å². The van der Waals surface area contributed by atoms with Gasteiger partial charge in [-0.05, 0) is 12.3 Å². The maximum atomic E-state index is 13.4. The second kappa shape index (κ2) is 3.36. The minimum absolute atomic E-state index is 0.0187. The van der Waals surface area contributed by atoms with E-state index in [0.717, 1.165) is 0 Å². The van der Waals surface area contributed by atoms with E-state index in [2.05, 4.69) is 0 Å². The molecule has 0 radical (unpaired) electrons. The van der Waals surface area contributed by atoms with Gasteiger partial charge in [0.15, 0.2) is 17.4 Å². The Balaban J connectivity index is 2.76. The molecular formula is C11H9F3O. The molecule has 0 heterocycles. The molecule has 1 aliphatic carbocycles. The van der Waals surface area contributed by atoms with Crippen LogP contribution in [0.1, 0.15) is 41.6 Å². The summed E-state index contributed by atoms with van der Waals surface area (Å²) in [7, 11) is 0. The van der Waals surface area contributed by atoms with E-state index < -0.39 is 28.8 Å². The van der Waals surface area contributed by atoms with E-state index in [0.29, 0.717) is 12.5 Å². The Bertz CT molecular complexity index is 440. The number of halogens is 3. The van der Waals surface area contributed by atoms with E-state index in [1.54, 1.807) is 6.92 Å². The van der Waals surface area contributed by atoms with Crippen LogP contribution in [0.25, 0.3) is 0 Å². The molecule has 1 aromatic carbocycles. The normalized spacial score (nSPS) is 20.3. The van der Waals surface area contributed by atoms with Crippen molar-refractivity contribution in [2.45, 2.75) is 25.7 Å². The first-order valence-corrected chi connectivity index (χ1v) is 4.73. The number of hydrogen-bond acceptors (Lipinski definition) is 1. The van der Waals surface area contributed by atoms with Gasteiger partial charge in [-0.3, -0.25) is 4.79 Å². The lowest BCUT2D eigenvalue weighted by Gasteiger charge is -2.22. The Kier molecular flexibility index (Phi) is 2.29. The molecule has 1 unspecified atom stereocenters. The van der Waals surface area contributed by atoms with Crippen LogP contribution in [0.5, 0.6) is 0 Å². The van der Waals surface area contributed by atoms with E-state index in [9.17, 15) is 18.0 Å². The lowest BCUT2D eigenvalue weighted by molar-refractivity contribution is 0.0960. The maximum absolute atomic E-state index is 13.4. The first-order chi connectivity index (χ1) is 7.02. The van der Waals surface area contributed by atoms with Crippen molar-refractivity contribution in [1.29, 1.82) is 0 Å². The van der Waals surface area contributed by atoms with Crippen LogP contribution in [-0.4, -0.2) is 5.78 Å². The molecule has 2 rings (SSSR count). The minimum Gasteiger partial charge on any atom is -0.294 e. The fourth-order valence-corrected chi connectivity index (χ4v) is 1.98. The molecule has 0 aromatic heterocycles. The van der Waals surface area contributed by atoms with E-state index in [4.69, 9.17) is 0 Å². The number of fused-ring (bicyclic) bond motifs is 1. The summed E-state index contributed by atoms with van der Waals surface area (Å²) < 4.78 is 39.6. The highest BCUT2D eigenvalue weighted by molar-refractivity contribution is 5.99. The molecule has 1 atom stereocenters. The van der Waals surface area contributed by atoms with Crippen LogP contribution in [-0.2, 0) is 0 Å². The van der Waals surface area contributed by atoms with Crippen molar-refractivity contribution in [3.05, 3.63) is 34.6 Å². The zero-order valence-corrected chi connectivity index (χ0v) is 8.11. The van der Waals surface area contributed by atoms with Gasteiger partial charge in [-0.1, -0.05) is 6.92 Å². The molecule has 80 valence electrons. The lowest BCUT2D eigenvalue weighted by atomic mass is 9.82. The lowest BCUT2D eigenvalue weighted by Crippen LogP contribution is -2.19. The molecule has 0 saturated heterocycles. The van der Waals surface area contributed by atoms with Gasteiger partial charge in [-0.2, -0.15) is 0 Å². The predicted octanol–water partition coefficient (Wildman–Crippen LogP) is 3.18. The third kappa shape index (κ3) is 1.44. The fourth-order valence-electron chi connectivity index (χ4n) is 1.98. The van der Waals surface area contributed by atoms with Crippen LogP contribution in [0.15, 0.2) is 6.07 Å². The molecule has 4 heteroatoms. The third-order valence-corrected chi connectivity index (χ3v) is 2.79. The van der Waals surface area contributed by atoms with Crippen molar-refractivity contribution >= 4 is 5.78 Å². The SMILES string of the molecule is CC1CCC(=O)c2c(F)c(F)cc(F)c21. The monoisotopic (exact) mass is 214 g/mol. The Hall–Kier alpha value is -1.32. The van der Waals surface area contributed by atoms with Crippen molar-refractivity contribution in [3.63, 3.8) is 0 Å². The molecule has 0 bridgehead atoms. The fraction of sp³-hybridized carbons (Fsp3) is 0.364. The molecule has 0 spiro atoms. The van der Waals surface area contributed by atoms with Crippen molar-refractivity contribution < 1.29 is 18.0 Å². The van der Waals surface area contributed by atoms with Gasteiger partial charge in [-0.15, -0.1) is 0 Å². The van der Waals surface area contributed by atoms with Gasteiger partial charge in [0, 0.05) is 18.1 Å². The van der Waals surface area contributed by atoms with Gasteiger partial charge < -0.3 is 0 Å². The standard InChI is InChI=1S/C11H9F3O/c1-5-2-3-8(15)10-9(5)6(12)4-7(13)11(10)14/h4-5H,2-3H2,1H3. The first kappa shape index (κ1) is 10.2. The number of hydrogen-bond donors (Lipinski definition) is 0. The van der Waals surface area contributed by atoms with E-state index in [-0.39, 0.29) is 17.9 Å². The van der Waals surface area contributed by atoms with Crippen molar-refractivity contribution in [3.8, 4) is 0 Å². The average Bonchev–Trinajstić information content (AvgIpc) is 2.18. The van der Waals surface area contributed by atoms with Gasteiger partial charge in [-0.25, -0.2) is 13.2 Å².